The molecule has 112 valence electrons. The van der Waals surface area contributed by atoms with Crippen LogP contribution >= 0.6 is 0 Å². The molecule has 0 aliphatic carbocycles. The van der Waals surface area contributed by atoms with Crippen LogP contribution < -0.4 is 5.32 Å². The van der Waals surface area contributed by atoms with Gasteiger partial charge in [0.05, 0.1) is 17.4 Å². The number of hydrogen-bond donors (Lipinski definition) is 1. The topological polar surface area (TPSA) is 42.2 Å². The first kappa shape index (κ1) is 13.4. The molecular formula is C17H17FN4. The Morgan fingerprint density at radius 1 is 1.27 bits per heavy atom. The minimum atomic E-state index is -0.235. The molecule has 1 saturated heterocycles. The standard InChI is InChI=1S/C17H17FN4/c18-13-8-15(12-4-3-6-19-10-12)21-16(9-13)14-11-20-22-7-2-1-5-17(14)22/h1-2,5,7-9,11-12,19H,3-4,6,10H2. The lowest BCUT2D eigenvalue weighted by atomic mass is 9.95. The second kappa shape index (κ2) is 5.50. The lowest BCUT2D eigenvalue weighted by Gasteiger charge is -2.22. The molecule has 0 amide bonds. The van der Waals surface area contributed by atoms with Crippen molar-refractivity contribution in [3.8, 4) is 11.3 Å². The van der Waals surface area contributed by atoms with E-state index in [4.69, 9.17) is 4.98 Å². The Bertz CT molecular complexity index is 805. The molecule has 1 aliphatic rings. The summed E-state index contributed by atoms with van der Waals surface area (Å²) in [7, 11) is 0. The Kier molecular flexibility index (Phi) is 3.35. The van der Waals surface area contributed by atoms with Crippen LogP contribution in [0.2, 0.25) is 0 Å². The molecule has 0 saturated carbocycles. The van der Waals surface area contributed by atoms with Crippen molar-refractivity contribution in [3.05, 3.63) is 54.2 Å². The van der Waals surface area contributed by atoms with Crippen molar-refractivity contribution in [3.63, 3.8) is 0 Å². The van der Waals surface area contributed by atoms with Crippen molar-refractivity contribution in [2.24, 2.45) is 0 Å². The Labute approximate surface area is 128 Å². The van der Waals surface area contributed by atoms with E-state index in [2.05, 4.69) is 10.4 Å². The minimum absolute atomic E-state index is 0.235. The summed E-state index contributed by atoms with van der Waals surface area (Å²) in [6.45, 7) is 1.90. The zero-order valence-corrected chi connectivity index (χ0v) is 12.2. The summed E-state index contributed by atoms with van der Waals surface area (Å²) in [6, 6.07) is 8.89. The van der Waals surface area contributed by atoms with Gasteiger partial charge in [-0.2, -0.15) is 5.10 Å². The van der Waals surface area contributed by atoms with Crippen molar-refractivity contribution in [1.82, 2.24) is 19.9 Å². The number of fused-ring (bicyclic) bond motifs is 1. The van der Waals surface area contributed by atoms with Crippen molar-refractivity contribution in [2.45, 2.75) is 18.8 Å². The first-order valence-electron chi connectivity index (χ1n) is 7.62. The first-order valence-corrected chi connectivity index (χ1v) is 7.62. The average Bonchev–Trinajstić information content (AvgIpc) is 2.99. The molecule has 4 heterocycles. The van der Waals surface area contributed by atoms with Crippen LogP contribution in [0.5, 0.6) is 0 Å². The van der Waals surface area contributed by atoms with E-state index in [0.29, 0.717) is 5.69 Å². The molecule has 0 bridgehead atoms. The highest BCUT2D eigenvalue weighted by Crippen LogP contribution is 2.28. The summed E-state index contributed by atoms with van der Waals surface area (Å²) >= 11 is 0. The number of nitrogens with one attached hydrogen (secondary N) is 1. The van der Waals surface area contributed by atoms with Crippen molar-refractivity contribution >= 4 is 5.52 Å². The van der Waals surface area contributed by atoms with E-state index in [1.165, 1.54) is 6.07 Å². The molecule has 4 nitrogen and oxygen atoms in total. The Hall–Kier alpha value is -2.27. The number of nitrogens with zero attached hydrogens (tertiary/aromatic N) is 3. The van der Waals surface area contributed by atoms with Crippen LogP contribution in [0.3, 0.4) is 0 Å². The summed E-state index contributed by atoms with van der Waals surface area (Å²) in [6.07, 6.45) is 5.79. The normalized spacial score (nSPS) is 18.7. The quantitative estimate of drug-likeness (QED) is 0.790. The summed E-state index contributed by atoms with van der Waals surface area (Å²) in [5, 5.41) is 7.67. The molecule has 1 aliphatic heterocycles. The Morgan fingerprint density at radius 2 is 2.23 bits per heavy atom. The lowest BCUT2D eigenvalue weighted by Crippen LogP contribution is -2.28. The number of hydrogen-bond acceptors (Lipinski definition) is 3. The van der Waals surface area contributed by atoms with Gasteiger partial charge in [0.2, 0.25) is 0 Å². The van der Waals surface area contributed by atoms with Crippen molar-refractivity contribution in [1.29, 1.82) is 0 Å². The largest absolute Gasteiger partial charge is 0.316 e. The molecule has 4 rings (SSSR count). The van der Waals surface area contributed by atoms with E-state index in [0.717, 1.165) is 42.7 Å². The van der Waals surface area contributed by atoms with E-state index >= 15 is 0 Å². The van der Waals surface area contributed by atoms with Gasteiger partial charge < -0.3 is 5.32 Å². The molecule has 5 heteroatoms. The Balaban J connectivity index is 1.80. The second-order valence-corrected chi connectivity index (χ2v) is 5.73. The highest BCUT2D eigenvalue weighted by molar-refractivity contribution is 5.77. The highest BCUT2D eigenvalue weighted by atomic mass is 19.1. The Morgan fingerprint density at radius 3 is 3.09 bits per heavy atom. The minimum Gasteiger partial charge on any atom is -0.316 e. The average molecular weight is 296 g/mol. The van der Waals surface area contributed by atoms with Gasteiger partial charge in [-0.3, -0.25) is 4.98 Å². The molecule has 0 spiro atoms. The van der Waals surface area contributed by atoms with Crippen LogP contribution in [-0.2, 0) is 0 Å². The van der Waals surface area contributed by atoms with Crippen LogP contribution in [0, 0.1) is 5.82 Å². The first-order chi connectivity index (χ1) is 10.8. The fraction of sp³-hybridized carbons (Fsp3) is 0.294. The molecule has 1 unspecified atom stereocenters. The van der Waals surface area contributed by atoms with Crippen LogP contribution in [0.15, 0.2) is 42.7 Å². The van der Waals surface area contributed by atoms with Gasteiger partial charge in [0.25, 0.3) is 0 Å². The van der Waals surface area contributed by atoms with Gasteiger partial charge in [-0.25, -0.2) is 8.91 Å². The molecule has 1 fully saturated rings. The third kappa shape index (κ3) is 2.37. The van der Waals surface area contributed by atoms with E-state index in [-0.39, 0.29) is 11.7 Å². The third-order valence-electron chi connectivity index (χ3n) is 4.23. The summed E-state index contributed by atoms with van der Waals surface area (Å²) in [4.78, 5) is 4.72. The smallest absolute Gasteiger partial charge is 0.127 e. The molecular weight excluding hydrogens is 279 g/mol. The predicted octanol–water partition coefficient (Wildman–Crippen LogP) is 3.00. The number of rotatable bonds is 2. The fourth-order valence-electron chi connectivity index (χ4n) is 3.10. The molecule has 22 heavy (non-hydrogen) atoms. The predicted molar refractivity (Wildman–Crippen MR) is 83.2 cm³/mol. The monoisotopic (exact) mass is 296 g/mol. The highest BCUT2D eigenvalue weighted by Gasteiger charge is 2.19. The molecule has 1 atom stereocenters. The van der Waals surface area contributed by atoms with Crippen LogP contribution in [0.4, 0.5) is 4.39 Å². The van der Waals surface area contributed by atoms with Gasteiger partial charge in [0, 0.05) is 36.0 Å². The zero-order chi connectivity index (χ0) is 14.9. The second-order valence-electron chi connectivity index (χ2n) is 5.73. The van der Waals surface area contributed by atoms with Crippen LogP contribution in [0.1, 0.15) is 24.5 Å². The number of aromatic nitrogens is 3. The SMILES string of the molecule is Fc1cc(-c2cnn3ccccc23)nc(C2CCCNC2)c1. The van der Waals surface area contributed by atoms with Gasteiger partial charge in [0.15, 0.2) is 0 Å². The maximum atomic E-state index is 14.1. The maximum Gasteiger partial charge on any atom is 0.127 e. The van der Waals surface area contributed by atoms with Gasteiger partial charge in [0.1, 0.15) is 5.82 Å². The molecule has 3 aromatic heterocycles. The summed E-state index contributed by atoms with van der Waals surface area (Å²) < 4.78 is 15.9. The maximum absolute atomic E-state index is 14.1. The van der Waals surface area contributed by atoms with E-state index < -0.39 is 0 Å². The number of piperidine rings is 1. The third-order valence-corrected chi connectivity index (χ3v) is 4.23. The van der Waals surface area contributed by atoms with Gasteiger partial charge >= 0.3 is 0 Å². The van der Waals surface area contributed by atoms with E-state index in [1.807, 2.05) is 24.4 Å². The van der Waals surface area contributed by atoms with Crippen LogP contribution in [-0.4, -0.2) is 27.7 Å². The summed E-state index contributed by atoms with van der Waals surface area (Å²) in [5.41, 5.74) is 3.29. The molecule has 0 radical (unpaired) electrons. The number of pyridine rings is 2. The number of halogens is 1. The van der Waals surface area contributed by atoms with Crippen molar-refractivity contribution in [2.75, 3.05) is 13.1 Å². The fourth-order valence-corrected chi connectivity index (χ4v) is 3.10. The lowest BCUT2D eigenvalue weighted by molar-refractivity contribution is 0.452. The zero-order valence-electron chi connectivity index (χ0n) is 12.2. The van der Waals surface area contributed by atoms with Gasteiger partial charge in [-0.05, 0) is 37.6 Å². The van der Waals surface area contributed by atoms with Crippen molar-refractivity contribution < 1.29 is 4.39 Å². The molecule has 3 aromatic rings. The van der Waals surface area contributed by atoms with Crippen LogP contribution in [0.25, 0.3) is 16.8 Å². The van der Waals surface area contributed by atoms with E-state index in [1.54, 1.807) is 16.8 Å². The van der Waals surface area contributed by atoms with Gasteiger partial charge in [-0.1, -0.05) is 6.07 Å². The molecule has 1 N–H and O–H groups in total. The molecule has 0 aromatic carbocycles. The van der Waals surface area contributed by atoms with E-state index in [9.17, 15) is 4.39 Å². The summed E-state index contributed by atoms with van der Waals surface area (Å²) in [5.74, 6) is 0.0471. The van der Waals surface area contributed by atoms with Gasteiger partial charge in [-0.15, -0.1) is 0 Å².